The number of hydrazone groups is 1. The molecule has 2 amide bonds. The molecule has 2 heterocycles. The predicted molar refractivity (Wildman–Crippen MR) is 249 cm³/mol. The molecule has 0 atom stereocenters. The summed E-state index contributed by atoms with van der Waals surface area (Å²) in [6, 6.07) is 55.0. The Kier molecular flexibility index (Phi) is 11.5. The molecular formula is C53H53N7O. The highest BCUT2D eigenvalue weighted by atomic mass is 16.2. The minimum Gasteiger partial charge on any atom is -0.385 e. The van der Waals surface area contributed by atoms with Crippen LogP contribution in [0.4, 0.5) is 27.5 Å². The number of hydrogen-bond donors (Lipinski definition) is 2. The van der Waals surface area contributed by atoms with Gasteiger partial charge in [-0.15, -0.1) is 0 Å². The summed E-state index contributed by atoms with van der Waals surface area (Å²) >= 11 is 0. The van der Waals surface area contributed by atoms with E-state index in [4.69, 9.17) is 10.1 Å². The summed E-state index contributed by atoms with van der Waals surface area (Å²) in [5, 5.41) is 13.9. The lowest BCUT2D eigenvalue weighted by molar-refractivity contribution is 0.220. The Hall–Kier alpha value is -6.93. The molecular weight excluding hydrogens is 751 g/mol. The van der Waals surface area contributed by atoms with E-state index >= 15 is 0 Å². The predicted octanol–water partition coefficient (Wildman–Crippen LogP) is 11.8. The van der Waals surface area contributed by atoms with E-state index < -0.39 is 5.54 Å². The van der Waals surface area contributed by atoms with Crippen molar-refractivity contribution in [1.29, 1.82) is 0 Å². The molecule has 7 aromatic rings. The first-order valence-corrected chi connectivity index (χ1v) is 21.6. The van der Waals surface area contributed by atoms with Crippen molar-refractivity contribution >= 4 is 34.5 Å². The van der Waals surface area contributed by atoms with Gasteiger partial charge >= 0.3 is 6.03 Å². The third kappa shape index (κ3) is 7.94. The number of rotatable bonds is 13. The third-order valence-electron chi connectivity index (χ3n) is 12.4. The van der Waals surface area contributed by atoms with E-state index in [-0.39, 0.29) is 6.03 Å². The van der Waals surface area contributed by atoms with Crippen LogP contribution in [-0.2, 0) is 18.5 Å². The van der Waals surface area contributed by atoms with Crippen molar-refractivity contribution in [2.75, 3.05) is 29.1 Å². The summed E-state index contributed by atoms with van der Waals surface area (Å²) in [5.41, 5.74) is 10.9. The highest BCUT2D eigenvalue weighted by molar-refractivity contribution is 6.14. The van der Waals surface area contributed by atoms with Crippen LogP contribution in [0.2, 0.25) is 0 Å². The lowest BCUT2D eigenvalue weighted by atomic mass is 9.76. The molecule has 2 N–H and O–H groups in total. The van der Waals surface area contributed by atoms with Crippen LogP contribution in [0.1, 0.15) is 71.3 Å². The van der Waals surface area contributed by atoms with Gasteiger partial charge in [0.05, 0.1) is 17.1 Å². The highest BCUT2D eigenvalue weighted by Crippen LogP contribution is 2.43. The van der Waals surface area contributed by atoms with Crippen LogP contribution in [0, 0.1) is 12.8 Å². The summed E-state index contributed by atoms with van der Waals surface area (Å²) in [6.07, 6.45) is 10.5. The summed E-state index contributed by atoms with van der Waals surface area (Å²) < 4.78 is 2.34. The average molecular weight is 804 g/mol. The molecule has 0 bridgehead atoms. The van der Waals surface area contributed by atoms with Crippen molar-refractivity contribution in [3.63, 3.8) is 0 Å². The molecule has 61 heavy (non-hydrogen) atoms. The van der Waals surface area contributed by atoms with Crippen molar-refractivity contribution in [2.45, 2.75) is 57.5 Å². The van der Waals surface area contributed by atoms with Crippen molar-refractivity contribution in [3.8, 4) is 0 Å². The Bertz CT molecular complexity index is 2490. The van der Waals surface area contributed by atoms with E-state index in [1.54, 1.807) is 7.05 Å². The maximum Gasteiger partial charge on any atom is 0.349 e. The molecule has 1 aliphatic heterocycles. The second-order valence-corrected chi connectivity index (χ2v) is 16.2. The Morgan fingerprint density at radius 3 is 1.90 bits per heavy atom. The van der Waals surface area contributed by atoms with Crippen LogP contribution in [0.5, 0.6) is 0 Å². The smallest absolute Gasteiger partial charge is 0.349 e. The van der Waals surface area contributed by atoms with Gasteiger partial charge in [0.1, 0.15) is 11.4 Å². The van der Waals surface area contributed by atoms with Crippen molar-refractivity contribution in [1.82, 2.24) is 14.6 Å². The number of hydrogen-bond acceptors (Lipinski definition) is 5. The van der Waals surface area contributed by atoms with Crippen molar-refractivity contribution < 1.29 is 4.79 Å². The summed E-state index contributed by atoms with van der Waals surface area (Å²) in [7, 11) is 1.79. The van der Waals surface area contributed by atoms with E-state index in [9.17, 15) is 4.79 Å². The fourth-order valence-electron chi connectivity index (χ4n) is 9.33. The number of carbonyl (C=O) groups is 1. The number of nitrogens with zero attached hydrogens (tertiary/aromatic N) is 5. The van der Waals surface area contributed by atoms with Gasteiger partial charge in [0.2, 0.25) is 0 Å². The zero-order chi connectivity index (χ0) is 41.6. The lowest BCUT2D eigenvalue weighted by Crippen LogP contribution is -2.38. The number of aryl methyl sites for hydroxylation is 1. The van der Waals surface area contributed by atoms with Crippen LogP contribution < -0.4 is 15.5 Å². The molecule has 306 valence electrons. The van der Waals surface area contributed by atoms with E-state index in [1.807, 2.05) is 29.3 Å². The van der Waals surface area contributed by atoms with Crippen LogP contribution in [0.3, 0.4) is 0 Å². The zero-order valence-corrected chi connectivity index (χ0v) is 35.0. The van der Waals surface area contributed by atoms with Crippen LogP contribution >= 0.6 is 0 Å². The number of benzene rings is 6. The van der Waals surface area contributed by atoms with Gasteiger partial charge in [0.15, 0.2) is 0 Å². The SMILES string of the molecule is Cc1cc2c(cc1NCc1ccccc1)C(C1CCCCC1)=NN(C)C(=O)N2c1ccc(NCCc2nccn2C(c2ccccc2)(c2ccccc2)c2ccccc2)cc1. The van der Waals surface area contributed by atoms with E-state index in [2.05, 4.69) is 168 Å². The Morgan fingerprint density at radius 2 is 1.30 bits per heavy atom. The van der Waals surface area contributed by atoms with Gasteiger partial charge < -0.3 is 15.2 Å². The monoisotopic (exact) mass is 803 g/mol. The Labute approximate surface area is 359 Å². The molecule has 0 radical (unpaired) electrons. The number of aromatic nitrogens is 2. The third-order valence-corrected chi connectivity index (χ3v) is 12.4. The van der Waals surface area contributed by atoms with Gasteiger partial charge in [0.25, 0.3) is 0 Å². The molecule has 2 aliphatic rings. The van der Waals surface area contributed by atoms with Crippen LogP contribution in [0.25, 0.3) is 0 Å². The first-order valence-electron chi connectivity index (χ1n) is 21.6. The van der Waals surface area contributed by atoms with Gasteiger partial charge in [-0.1, -0.05) is 141 Å². The van der Waals surface area contributed by atoms with Crippen molar-refractivity contribution in [2.24, 2.45) is 11.0 Å². The lowest BCUT2D eigenvalue weighted by Gasteiger charge is -2.38. The number of fused-ring (bicyclic) bond motifs is 1. The molecule has 9 rings (SSSR count). The number of carbonyl (C=O) groups excluding carboxylic acids is 1. The largest absolute Gasteiger partial charge is 0.385 e. The number of amides is 2. The summed E-state index contributed by atoms with van der Waals surface area (Å²) in [4.78, 5) is 21.1. The maximum absolute atomic E-state index is 14.4. The molecule has 1 fully saturated rings. The molecule has 0 saturated heterocycles. The second-order valence-electron chi connectivity index (χ2n) is 16.2. The quantitative estimate of drug-likeness (QED) is 0.114. The summed E-state index contributed by atoms with van der Waals surface area (Å²) in [6.45, 7) is 3.49. The van der Waals surface area contributed by atoms with E-state index in [1.165, 1.54) is 29.8 Å². The van der Waals surface area contributed by atoms with E-state index in [0.717, 1.165) is 74.9 Å². The number of urea groups is 1. The van der Waals surface area contributed by atoms with Gasteiger partial charge in [-0.3, -0.25) is 4.90 Å². The fraction of sp³-hybridized carbons (Fsp3) is 0.226. The van der Waals surface area contributed by atoms with E-state index in [0.29, 0.717) is 25.4 Å². The van der Waals surface area contributed by atoms with Gasteiger partial charge in [-0.2, -0.15) is 5.10 Å². The maximum atomic E-state index is 14.4. The van der Waals surface area contributed by atoms with Crippen molar-refractivity contribution in [3.05, 3.63) is 209 Å². The molecule has 0 spiro atoms. The first-order chi connectivity index (χ1) is 30.0. The number of imidazole rings is 1. The molecule has 8 heteroatoms. The Balaban J connectivity index is 0.994. The minimum absolute atomic E-state index is 0.178. The highest BCUT2D eigenvalue weighted by Gasteiger charge is 2.39. The van der Waals surface area contributed by atoms with Crippen LogP contribution in [-0.4, -0.2) is 39.9 Å². The normalized spacial score (nSPS) is 14.6. The van der Waals surface area contributed by atoms with Crippen LogP contribution in [0.15, 0.2) is 175 Å². The molecule has 6 aromatic carbocycles. The first kappa shape index (κ1) is 39.5. The van der Waals surface area contributed by atoms with Gasteiger partial charge in [0, 0.05) is 61.8 Å². The standard InChI is InChI=1S/C53H53N7O/c1-39-36-49-47(37-48(39)56-38-40-18-8-3-9-19-40)51(41-20-10-4-11-21-41)57-58(2)52(61)60(49)46-30-28-45(29-31-46)54-33-32-50-55-34-35-59(50)53(42-22-12-5-13-23-42,43-24-14-6-15-25-43)44-26-16-7-17-27-44/h3,5-9,12-19,22-31,34-37,41,54,56H,4,10-11,20-21,32-33,38H2,1-2H3. The Morgan fingerprint density at radius 1 is 0.705 bits per heavy atom. The number of nitrogens with one attached hydrogen (secondary N) is 2. The fourth-order valence-corrected chi connectivity index (χ4v) is 9.33. The number of anilines is 4. The molecule has 0 unspecified atom stereocenters. The molecule has 8 nitrogen and oxygen atoms in total. The molecule has 1 saturated carbocycles. The van der Waals surface area contributed by atoms with Gasteiger partial charge in [-0.25, -0.2) is 14.8 Å². The van der Waals surface area contributed by atoms with Gasteiger partial charge in [-0.05, 0) is 84.0 Å². The second kappa shape index (κ2) is 17.7. The zero-order valence-electron chi connectivity index (χ0n) is 35.0. The topological polar surface area (TPSA) is 77.8 Å². The molecule has 1 aromatic heterocycles. The minimum atomic E-state index is -0.627. The molecule has 1 aliphatic carbocycles. The average Bonchev–Trinajstić information content (AvgIpc) is 3.75. The summed E-state index contributed by atoms with van der Waals surface area (Å²) in [5.74, 6) is 1.27.